The molecule has 3 nitrogen and oxygen atoms in total. The third-order valence-corrected chi connectivity index (χ3v) is 3.90. The lowest BCUT2D eigenvalue weighted by atomic mass is 10.0. The predicted molar refractivity (Wildman–Crippen MR) is 96.4 cm³/mol. The van der Waals surface area contributed by atoms with E-state index in [9.17, 15) is 9.65 Å². The van der Waals surface area contributed by atoms with Gasteiger partial charge in [-0.05, 0) is 49.8 Å². The van der Waals surface area contributed by atoms with Gasteiger partial charge in [-0.3, -0.25) is 0 Å². The van der Waals surface area contributed by atoms with Crippen LogP contribution in [0.5, 0.6) is 5.75 Å². The molecule has 0 radical (unpaired) electrons. The van der Waals surface area contributed by atoms with Gasteiger partial charge in [-0.15, -0.1) is 0 Å². The molecule has 0 aromatic heterocycles. The van der Waals surface area contributed by atoms with Crippen LogP contribution in [0.15, 0.2) is 42.5 Å². The lowest BCUT2D eigenvalue weighted by Crippen LogP contribution is -2.21. The zero-order valence-electron chi connectivity index (χ0n) is 14.2. The molecule has 0 N–H and O–H groups in total. The van der Waals surface area contributed by atoms with E-state index in [1.54, 1.807) is 25.3 Å². The Labute approximate surface area is 142 Å². The summed E-state index contributed by atoms with van der Waals surface area (Å²) in [5.41, 5.74) is 2.79. The first kappa shape index (κ1) is 17.6. The van der Waals surface area contributed by atoms with Crippen LogP contribution >= 0.6 is 0 Å². The Balaban J connectivity index is 2.45. The lowest BCUT2D eigenvalue weighted by molar-refractivity contribution is 0.414. The third kappa shape index (κ3) is 3.94. The summed E-state index contributed by atoms with van der Waals surface area (Å²) < 4.78 is 18.9. The summed E-state index contributed by atoms with van der Waals surface area (Å²) in [7, 11) is 1.60. The Morgan fingerprint density at radius 2 is 1.96 bits per heavy atom. The third-order valence-electron chi connectivity index (χ3n) is 3.90. The number of ether oxygens (including phenoxy) is 1. The van der Waals surface area contributed by atoms with Gasteiger partial charge < -0.3 is 9.64 Å². The lowest BCUT2D eigenvalue weighted by Gasteiger charge is -2.22. The fourth-order valence-electron chi connectivity index (χ4n) is 2.60. The van der Waals surface area contributed by atoms with Crippen LogP contribution in [0.3, 0.4) is 0 Å². The molecule has 124 valence electrons. The quantitative estimate of drug-likeness (QED) is 0.568. The van der Waals surface area contributed by atoms with Gasteiger partial charge in [0.05, 0.1) is 18.8 Å². The van der Waals surface area contributed by atoms with Crippen LogP contribution in [-0.2, 0) is 0 Å². The van der Waals surface area contributed by atoms with E-state index >= 15 is 0 Å². The SMILES string of the molecule is CCN(CC)c1ccc(C=C(C#N)c2cccc(F)c2)c(OC)c1. The molecular formula is C20H21FN2O. The Bertz CT molecular complexity index is 773. The van der Waals surface area contributed by atoms with Gasteiger partial charge in [0.15, 0.2) is 0 Å². The van der Waals surface area contributed by atoms with E-state index in [4.69, 9.17) is 4.74 Å². The number of hydrogen-bond donors (Lipinski definition) is 0. The smallest absolute Gasteiger partial charge is 0.128 e. The van der Waals surface area contributed by atoms with Crippen molar-refractivity contribution in [3.63, 3.8) is 0 Å². The molecular weight excluding hydrogens is 303 g/mol. The zero-order chi connectivity index (χ0) is 17.5. The zero-order valence-corrected chi connectivity index (χ0v) is 14.2. The molecule has 0 aliphatic heterocycles. The molecule has 0 amide bonds. The highest BCUT2D eigenvalue weighted by Crippen LogP contribution is 2.29. The van der Waals surface area contributed by atoms with Gasteiger partial charge in [0, 0.05) is 30.4 Å². The molecule has 24 heavy (non-hydrogen) atoms. The second-order valence-corrected chi connectivity index (χ2v) is 5.28. The summed E-state index contributed by atoms with van der Waals surface area (Å²) in [6.45, 7) is 6.01. The van der Waals surface area contributed by atoms with Gasteiger partial charge in [-0.25, -0.2) is 4.39 Å². The molecule has 0 aliphatic rings. The van der Waals surface area contributed by atoms with E-state index < -0.39 is 0 Å². The second-order valence-electron chi connectivity index (χ2n) is 5.28. The molecule has 0 heterocycles. The average molecular weight is 324 g/mol. The number of nitriles is 1. The average Bonchev–Trinajstić information content (AvgIpc) is 2.61. The number of allylic oxidation sites excluding steroid dienone is 1. The molecule has 0 aliphatic carbocycles. The van der Waals surface area contributed by atoms with Gasteiger partial charge in [0.1, 0.15) is 11.6 Å². The van der Waals surface area contributed by atoms with Crippen molar-refractivity contribution < 1.29 is 9.13 Å². The fourth-order valence-corrected chi connectivity index (χ4v) is 2.60. The van der Waals surface area contributed by atoms with Gasteiger partial charge in [0.25, 0.3) is 0 Å². The molecule has 2 aromatic carbocycles. The molecule has 0 saturated heterocycles. The predicted octanol–water partition coefficient (Wildman–Crippen LogP) is 4.74. The largest absolute Gasteiger partial charge is 0.496 e. The number of hydrogen-bond acceptors (Lipinski definition) is 3. The standard InChI is InChI=1S/C20H21FN2O/c1-4-23(5-2)19-10-9-16(20(13-19)24-3)11-17(14-22)15-7-6-8-18(21)12-15/h6-13H,4-5H2,1-3H3. The maximum atomic E-state index is 13.4. The highest BCUT2D eigenvalue weighted by atomic mass is 19.1. The van der Waals surface area contributed by atoms with Crippen LogP contribution in [-0.4, -0.2) is 20.2 Å². The molecule has 0 bridgehead atoms. The van der Waals surface area contributed by atoms with Gasteiger partial charge in [-0.1, -0.05) is 12.1 Å². The van der Waals surface area contributed by atoms with Gasteiger partial charge >= 0.3 is 0 Å². The van der Waals surface area contributed by atoms with Gasteiger partial charge in [0.2, 0.25) is 0 Å². The maximum Gasteiger partial charge on any atom is 0.128 e. The van der Waals surface area contributed by atoms with Crippen LogP contribution in [0.2, 0.25) is 0 Å². The van der Waals surface area contributed by atoms with E-state index in [1.807, 2.05) is 18.2 Å². The van der Waals surface area contributed by atoms with Crippen molar-refractivity contribution in [1.29, 1.82) is 5.26 Å². The molecule has 0 fully saturated rings. The van der Waals surface area contributed by atoms with Crippen molar-refractivity contribution in [1.82, 2.24) is 0 Å². The Morgan fingerprint density at radius 3 is 2.54 bits per heavy atom. The van der Waals surface area contributed by atoms with E-state index in [2.05, 4.69) is 24.8 Å². The monoisotopic (exact) mass is 324 g/mol. The van der Waals surface area contributed by atoms with Crippen LogP contribution < -0.4 is 9.64 Å². The molecule has 2 aromatic rings. The van der Waals surface area contributed by atoms with Crippen molar-refractivity contribution in [2.24, 2.45) is 0 Å². The van der Waals surface area contributed by atoms with E-state index in [0.717, 1.165) is 24.3 Å². The van der Waals surface area contributed by atoms with Crippen LogP contribution in [0.4, 0.5) is 10.1 Å². The molecule has 0 atom stereocenters. The van der Waals surface area contributed by atoms with E-state index in [1.165, 1.54) is 12.1 Å². The Kier molecular flexibility index (Phi) is 5.97. The number of benzene rings is 2. The summed E-state index contributed by atoms with van der Waals surface area (Å²) in [4.78, 5) is 2.22. The number of methoxy groups -OCH3 is 1. The summed E-state index contributed by atoms with van der Waals surface area (Å²) in [5.74, 6) is 0.320. The maximum absolute atomic E-state index is 13.4. The molecule has 0 spiro atoms. The summed E-state index contributed by atoms with van der Waals surface area (Å²) in [6, 6.07) is 14.0. The number of nitrogens with zero attached hydrogens (tertiary/aromatic N) is 2. The Morgan fingerprint density at radius 1 is 1.21 bits per heavy atom. The summed E-state index contributed by atoms with van der Waals surface area (Å²) >= 11 is 0. The highest BCUT2D eigenvalue weighted by Gasteiger charge is 2.09. The minimum absolute atomic E-state index is 0.363. The first-order valence-corrected chi connectivity index (χ1v) is 7.93. The second kappa shape index (κ2) is 8.16. The van der Waals surface area contributed by atoms with E-state index in [0.29, 0.717) is 16.9 Å². The highest BCUT2D eigenvalue weighted by molar-refractivity contribution is 5.90. The fraction of sp³-hybridized carbons (Fsp3) is 0.250. The number of anilines is 1. The Hall–Kier alpha value is -2.80. The molecule has 0 unspecified atom stereocenters. The normalized spacial score (nSPS) is 11.0. The van der Waals surface area contributed by atoms with Crippen LogP contribution in [0.25, 0.3) is 11.6 Å². The first-order chi connectivity index (χ1) is 11.6. The van der Waals surface area contributed by atoms with Gasteiger partial charge in [-0.2, -0.15) is 5.26 Å². The summed E-state index contributed by atoms with van der Waals surface area (Å²) in [5, 5.41) is 9.42. The van der Waals surface area contributed by atoms with E-state index in [-0.39, 0.29) is 5.82 Å². The van der Waals surface area contributed by atoms with Crippen molar-refractivity contribution in [2.75, 3.05) is 25.1 Å². The summed E-state index contributed by atoms with van der Waals surface area (Å²) in [6.07, 6.45) is 1.72. The van der Waals surface area contributed by atoms with Crippen molar-refractivity contribution >= 4 is 17.3 Å². The first-order valence-electron chi connectivity index (χ1n) is 7.93. The minimum Gasteiger partial charge on any atom is -0.496 e. The van der Waals surface area contributed by atoms with Crippen molar-refractivity contribution in [2.45, 2.75) is 13.8 Å². The topological polar surface area (TPSA) is 36.3 Å². The van der Waals surface area contributed by atoms with Crippen LogP contribution in [0.1, 0.15) is 25.0 Å². The molecule has 4 heteroatoms. The molecule has 0 saturated carbocycles. The minimum atomic E-state index is -0.363. The number of halogens is 1. The van der Waals surface area contributed by atoms with Crippen molar-refractivity contribution in [3.8, 4) is 11.8 Å². The number of rotatable bonds is 6. The molecule has 2 rings (SSSR count). The van der Waals surface area contributed by atoms with Crippen LogP contribution in [0, 0.1) is 17.1 Å². The van der Waals surface area contributed by atoms with Crippen molar-refractivity contribution in [3.05, 3.63) is 59.4 Å².